The number of carbonyl (C=O) groups excluding carboxylic acids is 1. The van der Waals surface area contributed by atoms with E-state index in [9.17, 15) is 18.0 Å². The molecule has 2 atom stereocenters. The zero-order valence-corrected chi connectivity index (χ0v) is 17.5. The number of ether oxygens (including phenoxy) is 1. The Labute approximate surface area is 179 Å². The molecule has 0 bridgehead atoms. The van der Waals surface area contributed by atoms with Crippen molar-refractivity contribution in [1.29, 1.82) is 0 Å². The van der Waals surface area contributed by atoms with E-state index in [-0.39, 0.29) is 11.7 Å². The van der Waals surface area contributed by atoms with Crippen molar-refractivity contribution in [2.24, 2.45) is 5.92 Å². The first-order valence-corrected chi connectivity index (χ1v) is 10.7. The number of hydrogen-bond acceptors (Lipinski definition) is 4. The third-order valence-electron chi connectivity index (χ3n) is 6.32. The van der Waals surface area contributed by atoms with Crippen LogP contribution in [0.2, 0.25) is 0 Å². The van der Waals surface area contributed by atoms with Gasteiger partial charge >= 0.3 is 6.36 Å². The van der Waals surface area contributed by atoms with Gasteiger partial charge in [0, 0.05) is 12.6 Å². The quantitative estimate of drug-likeness (QED) is 0.768. The lowest BCUT2D eigenvalue weighted by atomic mass is 9.83. The zero-order chi connectivity index (χ0) is 22.0. The largest absolute Gasteiger partial charge is 0.573 e. The number of halogens is 3. The van der Waals surface area contributed by atoms with Crippen molar-refractivity contribution in [3.8, 4) is 11.4 Å². The van der Waals surface area contributed by atoms with Gasteiger partial charge < -0.3 is 15.0 Å². The van der Waals surface area contributed by atoms with Gasteiger partial charge in [-0.3, -0.25) is 4.79 Å². The Morgan fingerprint density at radius 1 is 1.16 bits per heavy atom. The summed E-state index contributed by atoms with van der Waals surface area (Å²) < 4.78 is 42.4. The fourth-order valence-corrected chi connectivity index (χ4v) is 4.82. The smallest absolute Gasteiger partial charge is 0.406 e. The third kappa shape index (κ3) is 5.03. The molecule has 1 amide bonds. The number of piperidine rings is 2. The van der Waals surface area contributed by atoms with E-state index in [0.29, 0.717) is 35.4 Å². The highest BCUT2D eigenvalue weighted by molar-refractivity contribution is 5.95. The number of benzene rings is 1. The first-order valence-electron chi connectivity index (χ1n) is 10.7. The van der Waals surface area contributed by atoms with E-state index in [1.807, 2.05) is 0 Å². The molecule has 6 nitrogen and oxygen atoms in total. The van der Waals surface area contributed by atoms with E-state index in [2.05, 4.69) is 20.1 Å². The Bertz CT molecular complexity index is 908. The fourth-order valence-electron chi connectivity index (χ4n) is 4.82. The van der Waals surface area contributed by atoms with Crippen molar-refractivity contribution in [2.75, 3.05) is 19.6 Å². The van der Waals surface area contributed by atoms with Crippen molar-refractivity contribution in [1.82, 2.24) is 20.0 Å². The predicted octanol–water partition coefficient (Wildman–Crippen LogP) is 4.07. The molecule has 0 radical (unpaired) electrons. The van der Waals surface area contributed by atoms with Crippen molar-refractivity contribution < 1.29 is 22.7 Å². The number of nitrogens with zero attached hydrogens (tertiary/aromatic N) is 3. The number of rotatable bonds is 5. The summed E-state index contributed by atoms with van der Waals surface area (Å²) in [6.07, 6.45) is 2.78. The molecule has 2 fully saturated rings. The summed E-state index contributed by atoms with van der Waals surface area (Å²) in [4.78, 5) is 15.4. The highest BCUT2D eigenvalue weighted by Crippen LogP contribution is 2.30. The lowest BCUT2D eigenvalue weighted by molar-refractivity contribution is -0.274. The monoisotopic (exact) mass is 436 g/mol. The van der Waals surface area contributed by atoms with Crippen LogP contribution < -0.4 is 10.1 Å². The first-order chi connectivity index (χ1) is 14.8. The average Bonchev–Trinajstić information content (AvgIpc) is 3.13. The summed E-state index contributed by atoms with van der Waals surface area (Å²) in [5.74, 6) is -0.00787. The molecule has 4 rings (SSSR count). The van der Waals surface area contributed by atoms with E-state index in [1.54, 1.807) is 6.92 Å². The van der Waals surface area contributed by atoms with Crippen molar-refractivity contribution >= 4 is 5.91 Å². The van der Waals surface area contributed by atoms with Gasteiger partial charge in [0.1, 0.15) is 5.75 Å². The van der Waals surface area contributed by atoms with Gasteiger partial charge in [-0.2, -0.15) is 5.10 Å². The number of hydrogen-bond donors (Lipinski definition) is 1. The van der Waals surface area contributed by atoms with Gasteiger partial charge in [0.2, 0.25) is 0 Å². The highest BCUT2D eigenvalue weighted by Gasteiger charge is 2.33. The van der Waals surface area contributed by atoms with Crippen molar-refractivity contribution in [3.05, 3.63) is 41.7 Å². The molecule has 0 aliphatic carbocycles. The standard InChI is InChI=1S/C22H27F3N4O2/c1-15-19(14-27-29(15)17-7-9-18(10-8-17)31-22(23,24)25)21(30)26-13-16-5-4-12-28-11-3-2-6-20(16)28/h7-10,14,16,20H,2-6,11-13H2,1H3,(H,26,30)/t16-,20+/m1/s1. The molecule has 0 unspecified atom stereocenters. The van der Waals surface area contributed by atoms with Crippen LogP contribution >= 0.6 is 0 Å². The van der Waals surface area contributed by atoms with Gasteiger partial charge in [-0.15, -0.1) is 13.2 Å². The SMILES string of the molecule is Cc1c(C(=O)NC[C@H]2CCCN3CCCC[C@@H]23)cnn1-c1ccc(OC(F)(F)F)cc1. The number of alkyl halides is 3. The van der Waals surface area contributed by atoms with Crippen LogP contribution in [-0.2, 0) is 0 Å². The second kappa shape index (κ2) is 8.90. The molecule has 1 aromatic heterocycles. The van der Waals surface area contributed by atoms with E-state index in [1.165, 1.54) is 60.8 Å². The van der Waals surface area contributed by atoms with Gasteiger partial charge in [0.05, 0.1) is 23.1 Å². The summed E-state index contributed by atoms with van der Waals surface area (Å²) >= 11 is 0. The molecule has 2 aliphatic rings. The predicted molar refractivity (Wildman–Crippen MR) is 109 cm³/mol. The minimum absolute atomic E-state index is 0.172. The first kappa shape index (κ1) is 21.7. The Balaban J connectivity index is 1.40. The van der Waals surface area contributed by atoms with E-state index in [4.69, 9.17) is 0 Å². The van der Waals surface area contributed by atoms with Crippen LogP contribution in [-0.4, -0.2) is 52.6 Å². The minimum Gasteiger partial charge on any atom is -0.406 e. The van der Waals surface area contributed by atoms with Crippen LogP contribution in [0.4, 0.5) is 13.2 Å². The molecular formula is C22H27F3N4O2. The van der Waals surface area contributed by atoms with Gasteiger partial charge in [-0.05, 0) is 75.9 Å². The van der Waals surface area contributed by atoms with Crippen LogP contribution in [0.15, 0.2) is 30.5 Å². The third-order valence-corrected chi connectivity index (χ3v) is 6.32. The number of amides is 1. The molecule has 3 heterocycles. The van der Waals surface area contributed by atoms with Crippen LogP contribution in [0, 0.1) is 12.8 Å². The number of fused-ring (bicyclic) bond motifs is 1. The summed E-state index contributed by atoms with van der Waals surface area (Å²) in [6, 6.07) is 5.96. The Kier molecular flexibility index (Phi) is 6.22. The molecule has 31 heavy (non-hydrogen) atoms. The maximum Gasteiger partial charge on any atom is 0.573 e. The lowest BCUT2D eigenvalue weighted by Gasteiger charge is -2.44. The number of aromatic nitrogens is 2. The normalized spacial score (nSPS) is 22.1. The van der Waals surface area contributed by atoms with E-state index >= 15 is 0 Å². The second-order valence-corrected chi connectivity index (χ2v) is 8.31. The Hall–Kier alpha value is -2.55. The summed E-state index contributed by atoms with van der Waals surface area (Å²) in [6.45, 7) is 4.74. The molecule has 2 aromatic rings. The maximum absolute atomic E-state index is 12.8. The van der Waals surface area contributed by atoms with Crippen LogP contribution in [0.5, 0.6) is 5.75 Å². The molecule has 2 saturated heterocycles. The molecular weight excluding hydrogens is 409 g/mol. The van der Waals surface area contributed by atoms with E-state index in [0.717, 1.165) is 19.5 Å². The van der Waals surface area contributed by atoms with Crippen molar-refractivity contribution in [3.63, 3.8) is 0 Å². The molecule has 0 spiro atoms. The Morgan fingerprint density at radius 2 is 1.90 bits per heavy atom. The summed E-state index contributed by atoms with van der Waals surface area (Å²) in [7, 11) is 0. The van der Waals surface area contributed by atoms with Crippen LogP contribution in [0.25, 0.3) is 5.69 Å². The van der Waals surface area contributed by atoms with Crippen LogP contribution in [0.1, 0.15) is 48.2 Å². The van der Waals surface area contributed by atoms with E-state index < -0.39 is 6.36 Å². The van der Waals surface area contributed by atoms with Gasteiger partial charge in [-0.25, -0.2) is 4.68 Å². The zero-order valence-electron chi connectivity index (χ0n) is 17.5. The molecule has 1 N–H and O–H groups in total. The molecule has 1 aromatic carbocycles. The minimum atomic E-state index is -4.73. The topological polar surface area (TPSA) is 59.4 Å². The second-order valence-electron chi connectivity index (χ2n) is 8.31. The maximum atomic E-state index is 12.8. The number of carbonyl (C=O) groups is 1. The highest BCUT2D eigenvalue weighted by atomic mass is 19.4. The Morgan fingerprint density at radius 3 is 2.65 bits per heavy atom. The van der Waals surface area contributed by atoms with Gasteiger partial charge in [-0.1, -0.05) is 6.42 Å². The molecule has 9 heteroatoms. The summed E-state index contributed by atoms with van der Waals surface area (Å²) in [5, 5.41) is 7.33. The lowest BCUT2D eigenvalue weighted by Crippen LogP contribution is -2.51. The van der Waals surface area contributed by atoms with Gasteiger partial charge in [0.15, 0.2) is 0 Å². The fraction of sp³-hybridized carbons (Fsp3) is 0.545. The number of nitrogens with one attached hydrogen (secondary N) is 1. The van der Waals surface area contributed by atoms with Crippen LogP contribution in [0.3, 0.4) is 0 Å². The average molecular weight is 436 g/mol. The molecule has 168 valence electrons. The summed E-state index contributed by atoms with van der Waals surface area (Å²) in [5.41, 5.74) is 1.65. The van der Waals surface area contributed by atoms with Crippen molar-refractivity contribution in [2.45, 2.75) is 51.4 Å². The molecule has 2 aliphatic heterocycles. The molecule has 0 saturated carbocycles. The van der Waals surface area contributed by atoms with Gasteiger partial charge in [0.25, 0.3) is 5.91 Å².